The summed E-state index contributed by atoms with van der Waals surface area (Å²) in [6.45, 7) is 0. The van der Waals surface area contributed by atoms with Crippen LogP contribution in [0.15, 0.2) is 18.2 Å². The van der Waals surface area contributed by atoms with Crippen LogP contribution in [0.1, 0.15) is 42.5 Å². The Morgan fingerprint density at radius 1 is 1.37 bits per heavy atom. The second kappa shape index (κ2) is 6.23. The van der Waals surface area contributed by atoms with Crippen LogP contribution in [-0.2, 0) is 0 Å². The van der Waals surface area contributed by atoms with Gasteiger partial charge in [0.25, 0.3) is 5.91 Å². The van der Waals surface area contributed by atoms with E-state index in [1.54, 1.807) is 0 Å². The molecule has 1 aromatic rings. The second-order valence-electron chi connectivity index (χ2n) is 5.03. The average molecular weight is 349 g/mol. The number of alkyl halides is 1. The zero-order valence-corrected chi connectivity index (χ0v) is 12.9. The standard InChI is InChI=1S/C14H16BrClFNO/c15-9-14(7-2-1-3-8-14)18-13(19)12-10(16)5-4-6-11(12)17/h4-6H,1-3,7-9H2,(H,18,19). The summed E-state index contributed by atoms with van der Waals surface area (Å²) in [6, 6.07) is 4.28. The molecule has 0 spiro atoms. The molecule has 1 amide bonds. The molecule has 0 unspecified atom stereocenters. The molecule has 104 valence electrons. The topological polar surface area (TPSA) is 29.1 Å². The van der Waals surface area contributed by atoms with E-state index in [1.807, 2.05) is 0 Å². The molecule has 1 saturated carbocycles. The molecule has 0 atom stereocenters. The van der Waals surface area contributed by atoms with E-state index < -0.39 is 11.7 Å². The minimum absolute atomic E-state index is 0.0601. The van der Waals surface area contributed by atoms with Crippen LogP contribution < -0.4 is 5.32 Å². The molecular formula is C14H16BrClFNO. The molecule has 2 nitrogen and oxygen atoms in total. The maximum absolute atomic E-state index is 13.7. The first-order valence-electron chi connectivity index (χ1n) is 6.40. The van der Waals surface area contributed by atoms with E-state index in [0.717, 1.165) is 25.7 Å². The summed E-state index contributed by atoms with van der Waals surface area (Å²) < 4.78 is 13.7. The number of benzene rings is 1. The highest BCUT2D eigenvalue weighted by molar-refractivity contribution is 9.09. The maximum Gasteiger partial charge on any atom is 0.256 e. The zero-order valence-electron chi connectivity index (χ0n) is 10.5. The first kappa shape index (κ1) is 14.8. The Balaban J connectivity index is 2.20. The Hall–Kier alpha value is -0.610. The lowest BCUT2D eigenvalue weighted by Gasteiger charge is -2.36. The normalized spacial score (nSPS) is 18.1. The molecule has 1 aliphatic rings. The molecule has 19 heavy (non-hydrogen) atoms. The van der Waals surface area contributed by atoms with Gasteiger partial charge in [-0.2, -0.15) is 0 Å². The quantitative estimate of drug-likeness (QED) is 0.810. The Morgan fingerprint density at radius 3 is 2.63 bits per heavy atom. The van der Waals surface area contributed by atoms with Crippen molar-refractivity contribution in [2.75, 3.05) is 5.33 Å². The lowest BCUT2D eigenvalue weighted by Crippen LogP contribution is -2.51. The zero-order chi connectivity index (χ0) is 13.9. The van der Waals surface area contributed by atoms with Gasteiger partial charge in [0.1, 0.15) is 5.82 Å². The third kappa shape index (κ3) is 3.29. The number of nitrogens with one attached hydrogen (secondary N) is 1. The number of hydrogen-bond donors (Lipinski definition) is 1. The molecule has 2 rings (SSSR count). The van der Waals surface area contributed by atoms with Gasteiger partial charge >= 0.3 is 0 Å². The van der Waals surface area contributed by atoms with Crippen molar-refractivity contribution in [1.29, 1.82) is 0 Å². The van der Waals surface area contributed by atoms with Gasteiger partial charge in [-0.15, -0.1) is 0 Å². The van der Waals surface area contributed by atoms with Gasteiger partial charge in [-0.25, -0.2) is 4.39 Å². The van der Waals surface area contributed by atoms with Gasteiger partial charge in [0.15, 0.2) is 0 Å². The Bertz CT molecular complexity index is 454. The second-order valence-corrected chi connectivity index (χ2v) is 5.99. The fraction of sp³-hybridized carbons (Fsp3) is 0.500. The number of carbonyl (C=O) groups excluding carboxylic acids is 1. The van der Waals surface area contributed by atoms with Crippen molar-refractivity contribution in [3.63, 3.8) is 0 Å². The summed E-state index contributed by atoms with van der Waals surface area (Å²) in [5, 5.41) is 3.80. The summed E-state index contributed by atoms with van der Waals surface area (Å²) in [4.78, 5) is 12.3. The molecule has 0 radical (unpaired) electrons. The van der Waals surface area contributed by atoms with Crippen LogP contribution in [0.5, 0.6) is 0 Å². The maximum atomic E-state index is 13.7. The largest absolute Gasteiger partial charge is 0.346 e. The number of amides is 1. The van der Waals surface area contributed by atoms with Crippen LogP contribution in [0, 0.1) is 5.82 Å². The van der Waals surface area contributed by atoms with E-state index in [4.69, 9.17) is 11.6 Å². The lowest BCUT2D eigenvalue weighted by molar-refractivity contribution is 0.0882. The molecule has 0 saturated heterocycles. The van der Waals surface area contributed by atoms with Crippen molar-refractivity contribution in [1.82, 2.24) is 5.32 Å². The van der Waals surface area contributed by atoms with Gasteiger partial charge in [-0.05, 0) is 25.0 Å². The molecule has 5 heteroatoms. The number of hydrogen-bond acceptors (Lipinski definition) is 1. The number of rotatable bonds is 3. The average Bonchev–Trinajstić information content (AvgIpc) is 2.39. The van der Waals surface area contributed by atoms with Crippen molar-refractivity contribution in [2.45, 2.75) is 37.6 Å². The van der Waals surface area contributed by atoms with Crippen molar-refractivity contribution in [2.24, 2.45) is 0 Å². The summed E-state index contributed by atoms with van der Waals surface area (Å²) in [5.74, 6) is -1.00. The smallest absolute Gasteiger partial charge is 0.256 e. The minimum atomic E-state index is -0.578. The molecule has 1 aromatic carbocycles. The monoisotopic (exact) mass is 347 g/mol. The molecule has 1 fully saturated rings. The van der Waals surface area contributed by atoms with Crippen molar-refractivity contribution in [3.8, 4) is 0 Å². The lowest BCUT2D eigenvalue weighted by atomic mass is 9.83. The predicted octanol–water partition coefficient (Wildman–Crippen LogP) is 4.31. The van der Waals surface area contributed by atoms with Gasteiger partial charge in [0.05, 0.1) is 16.1 Å². The highest BCUT2D eigenvalue weighted by Gasteiger charge is 2.33. The van der Waals surface area contributed by atoms with E-state index in [-0.39, 0.29) is 16.1 Å². The Morgan fingerprint density at radius 2 is 2.05 bits per heavy atom. The Labute approximate surface area is 125 Å². The van der Waals surface area contributed by atoms with Crippen molar-refractivity contribution < 1.29 is 9.18 Å². The number of carbonyl (C=O) groups is 1. The molecule has 1 aliphatic carbocycles. The van der Waals surface area contributed by atoms with Crippen molar-refractivity contribution in [3.05, 3.63) is 34.6 Å². The third-order valence-electron chi connectivity index (χ3n) is 3.63. The molecule has 0 aliphatic heterocycles. The molecule has 0 aromatic heterocycles. The highest BCUT2D eigenvalue weighted by atomic mass is 79.9. The Kier molecular flexibility index (Phi) is 4.85. The van der Waals surface area contributed by atoms with E-state index >= 15 is 0 Å². The summed E-state index contributed by atoms with van der Waals surface area (Å²) in [6.07, 6.45) is 5.17. The predicted molar refractivity (Wildman–Crippen MR) is 78.5 cm³/mol. The summed E-state index contributed by atoms with van der Waals surface area (Å²) >= 11 is 9.38. The van der Waals surface area contributed by atoms with E-state index in [9.17, 15) is 9.18 Å². The van der Waals surface area contributed by atoms with Gasteiger partial charge in [0, 0.05) is 5.33 Å². The van der Waals surface area contributed by atoms with Crippen LogP contribution in [-0.4, -0.2) is 16.8 Å². The van der Waals surface area contributed by atoms with E-state index in [0.29, 0.717) is 5.33 Å². The SMILES string of the molecule is O=C(NC1(CBr)CCCCC1)c1c(F)cccc1Cl. The van der Waals surface area contributed by atoms with Gasteiger partial charge in [-0.3, -0.25) is 4.79 Å². The first-order valence-corrected chi connectivity index (χ1v) is 7.90. The van der Waals surface area contributed by atoms with Crippen LogP contribution >= 0.6 is 27.5 Å². The first-order chi connectivity index (χ1) is 9.08. The minimum Gasteiger partial charge on any atom is -0.346 e. The fourth-order valence-corrected chi connectivity index (χ4v) is 3.49. The summed E-state index contributed by atoms with van der Waals surface area (Å²) in [7, 11) is 0. The van der Waals surface area contributed by atoms with Gasteiger partial charge < -0.3 is 5.32 Å². The van der Waals surface area contributed by atoms with Crippen LogP contribution in [0.2, 0.25) is 5.02 Å². The van der Waals surface area contributed by atoms with E-state index in [1.165, 1.54) is 24.6 Å². The van der Waals surface area contributed by atoms with Gasteiger partial charge in [-0.1, -0.05) is 52.9 Å². The molecular weight excluding hydrogens is 333 g/mol. The third-order valence-corrected chi connectivity index (χ3v) is 5.02. The van der Waals surface area contributed by atoms with Crippen molar-refractivity contribution >= 4 is 33.4 Å². The van der Waals surface area contributed by atoms with Crippen LogP contribution in [0.3, 0.4) is 0 Å². The highest BCUT2D eigenvalue weighted by Crippen LogP contribution is 2.31. The molecule has 0 bridgehead atoms. The van der Waals surface area contributed by atoms with Crippen LogP contribution in [0.4, 0.5) is 4.39 Å². The fourth-order valence-electron chi connectivity index (χ4n) is 2.54. The summed E-state index contributed by atoms with van der Waals surface area (Å²) in [5.41, 5.74) is -0.337. The molecule has 0 heterocycles. The van der Waals surface area contributed by atoms with Crippen LogP contribution in [0.25, 0.3) is 0 Å². The molecule has 1 N–H and O–H groups in total. The van der Waals surface area contributed by atoms with Gasteiger partial charge in [0.2, 0.25) is 0 Å². The van der Waals surface area contributed by atoms with E-state index in [2.05, 4.69) is 21.2 Å². The number of halogens is 3.